The lowest BCUT2D eigenvalue weighted by Gasteiger charge is -2.37. The summed E-state index contributed by atoms with van der Waals surface area (Å²) in [7, 11) is 0. The number of likely N-dealkylation sites (tertiary alicyclic amines) is 1. The van der Waals surface area contributed by atoms with E-state index in [1.165, 1.54) is 0 Å². The average molecular weight is 253 g/mol. The molecule has 1 unspecified atom stereocenters. The molecule has 0 aliphatic carbocycles. The molecule has 0 bridgehead atoms. The number of carbonyl (C=O) groups excluding carboxylic acids is 1. The Balaban J connectivity index is 2.69. The first-order chi connectivity index (χ1) is 7.11. The fourth-order valence-electron chi connectivity index (χ4n) is 1.79. The average Bonchev–Trinajstić information content (AvgIpc) is 2.45. The molecule has 6 heteroatoms. The third-order valence-electron chi connectivity index (χ3n) is 2.41. The monoisotopic (exact) mass is 253 g/mol. The largest absolute Gasteiger partial charge is 0.444 e. The van der Waals surface area contributed by atoms with Gasteiger partial charge in [-0.25, -0.2) is 4.79 Å². The van der Waals surface area contributed by atoms with Gasteiger partial charge in [0.1, 0.15) is 38.2 Å². The van der Waals surface area contributed by atoms with Crippen LogP contribution in [0.3, 0.4) is 0 Å². The molecule has 1 heterocycles. The fraction of sp³-hybridized carbons (Fsp3) is 0.900. The molecule has 0 saturated carbocycles. The third kappa shape index (κ3) is 3.95. The van der Waals surface area contributed by atoms with Crippen molar-refractivity contribution in [1.29, 1.82) is 0 Å². The zero-order valence-electron chi connectivity index (χ0n) is 10.1. The van der Waals surface area contributed by atoms with Gasteiger partial charge in [0.25, 0.3) is 0 Å². The molecule has 1 aliphatic heterocycles. The summed E-state index contributed by atoms with van der Waals surface area (Å²) in [6.07, 6.45) is 1.34. The maximum Gasteiger partial charge on any atom is 0.410 e. The van der Waals surface area contributed by atoms with E-state index in [9.17, 15) is 9.90 Å². The van der Waals surface area contributed by atoms with Crippen molar-refractivity contribution in [2.75, 3.05) is 6.54 Å². The molecule has 1 aliphatic rings. The molecule has 1 atom stereocenters. The molecule has 4 radical (unpaired) electrons. The van der Waals surface area contributed by atoms with Gasteiger partial charge in [0, 0.05) is 12.6 Å². The van der Waals surface area contributed by atoms with Gasteiger partial charge in [0.2, 0.25) is 0 Å². The minimum atomic E-state index is -1.03. The van der Waals surface area contributed by atoms with E-state index < -0.39 is 8.93 Å². The molecule has 16 heavy (non-hydrogen) atoms. The van der Waals surface area contributed by atoms with Crippen molar-refractivity contribution < 1.29 is 14.6 Å². The maximum absolute atomic E-state index is 11.9. The molecule has 4 nitrogen and oxygen atoms in total. The number of nitrogens with zero attached hydrogens (tertiary/aromatic N) is 1. The summed E-state index contributed by atoms with van der Waals surface area (Å²) in [5.74, 6) is 0. The highest BCUT2D eigenvalue weighted by atomic mass is 27.1. The Kier molecular flexibility index (Phi) is 4.38. The Bertz CT molecular complexity index is 270. The van der Waals surface area contributed by atoms with Crippen molar-refractivity contribution in [2.24, 2.45) is 0 Å². The molecule has 1 rings (SSSR count). The van der Waals surface area contributed by atoms with Gasteiger partial charge in [-0.15, -0.1) is 0 Å². The topological polar surface area (TPSA) is 49.8 Å². The quantitative estimate of drug-likeness (QED) is 0.687. The van der Waals surface area contributed by atoms with Crippen LogP contribution in [0, 0.1) is 0 Å². The second-order valence-electron chi connectivity index (χ2n) is 5.22. The Hall–Kier alpha value is 0.295. The molecule has 1 saturated heterocycles. The molecular formula is C10H17Al2NO3. The van der Waals surface area contributed by atoms with Gasteiger partial charge in [-0.3, -0.25) is 0 Å². The molecule has 1 amide bonds. The Morgan fingerprint density at radius 2 is 2.00 bits per heavy atom. The van der Waals surface area contributed by atoms with Crippen LogP contribution < -0.4 is 0 Å². The van der Waals surface area contributed by atoms with Crippen LogP contribution in [0.25, 0.3) is 0 Å². The van der Waals surface area contributed by atoms with E-state index in [0.29, 0.717) is 6.54 Å². The van der Waals surface area contributed by atoms with E-state index in [0.717, 1.165) is 12.8 Å². The lowest BCUT2D eigenvalue weighted by molar-refractivity contribution is 0.00989. The lowest BCUT2D eigenvalue weighted by Crippen LogP contribution is -2.53. The molecule has 0 spiro atoms. The SMILES string of the molecule is CC(C)(C)OC(=O)N1CCCC1[C](O)([Al])[Al]. The molecule has 86 valence electrons. The van der Waals surface area contributed by atoms with Crippen LogP contribution >= 0.6 is 0 Å². The van der Waals surface area contributed by atoms with Gasteiger partial charge in [-0.05, 0) is 33.6 Å². The van der Waals surface area contributed by atoms with Crippen LogP contribution in [-0.2, 0) is 4.74 Å². The van der Waals surface area contributed by atoms with Crippen molar-refractivity contribution in [2.45, 2.75) is 48.6 Å². The van der Waals surface area contributed by atoms with E-state index in [2.05, 4.69) is 32.6 Å². The van der Waals surface area contributed by atoms with Crippen LogP contribution in [0.15, 0.2) is 0 Å². The first kappa shape index (κ1) is 14.4. The Morgan fingerprint density at radius 3 is 2.44 bits per heavy atom. The van der Waals surface area contributed by atoms with Crippen LogP contribution in [0.1, 0.15) is 33.6 Å². The molecule has 0 aromatic carbocycles. The summed E-state index contributed by atoms with van der Waals surface area (Å²) in [5.41, 5.74) is -0.496. The predicted molar refractivity (Wildman–Crippen MR) is 62.4 cm³/mol. The minimum Gasteiger partial charge on any atom is -0.444 e. The summed E-state index contributed by atoms with van der Waals surface area (Å²) < 4.78 is 4.27. The smallest absolute Gasteiger partial charge is 0.410 e. The van der Waals surface area contributed by atoms with Crippen molar-refractivity contribution in [3.63, 3.8) is 0 Å². The van der Waals surface area contributed by atoms with Crippen LogP contribution in [0.4, 0.5) is 4.79 Å². The highest BCUT2D eigenvalue weighted by molar-refractivity contribution is 6.39. The number of hydrogen-bond donors (Lipinski definition) is 1. The predicted octanol–water partition coefficient (Wildman–Crippen LogP) is 0.369. The van der Waals surface area contributed by atoms with Crippen LogP contribution in [-0.4, -0.2) is 70.2 Å². The van der Waals surface area contributed by atoms with E-state index in [1.54, 1.807) is 4.90 Å². The van der Waals surface area contributed by atoms with Crippen LogP contribution in [0.2, 0.25) is 0 Å². The van der Waals surface area contributed by atoms with Gasteiger partial charge < -0.3 is 14.7 Å². The second kappa shape index (κ2) is 4.88. The van der Waals surface area contributed by atoms with E-state index in [4.69, 9.17) is 4.74 Å². The number of rotatable bonds is 1. The first-order valence-corrected chi connectivity index (χ1v) is 6.56. The molecular weight excluding hydrogens is 236 g/mol. The number of ether oxygens (including phenoxy) is 1. The molecule has 1 N–H and O–H groups in total. The second-order valence-corrected chi connectivity index (χ2v) is 7.74. The van der Waals surface area contributed by atoms with Crippen molar-refractivity contribution in [1.82, 2.24) is 4.90 Å². The minimum absolute atomic E-state index is 0.211. The van der Waals surface area contributed by atoms with E-state index in [1.807, 2.05) is 20.8 Å². The normalized spacial score (nSPS) is 22.2. The molecule has 1 fully saturated rings. The van der Waals surface area contributed by atoms with Crippen molar-refractivity contribution in [3.05, 3.63) is 0 Å². The molecule has 0 aromatic heterocycles. The summed E-state index contributed by atoms with van der Waals surface area (Å²) in [6, 6.07) is -0.211. The summed E-state index contributed by atoms with van der Waals surface area (Å²) >= 11 is 4.70. The summed E-state index contributed by atoms with van der Waals surface area (Å²) in [5, 5.41) is 9.91. The van der Waals surface area contributed by atoms with E-state index in [-0.39, 0.29) is 12.1 Å². The third-order valence-corrected chi connectivity index (χ3v) is 3.18. The maximum atomic E-state index is 11.9. The van der Waals surface area contributed by atoms with Crippen molar-refractivity contribution in [3.8, 4) is 0 Å². The number of aliphatic hydroxyl groups is 1. The van der Waals surface area contributed by atoms with Gasteiger partial charge in [0.05, 0.1) is 0 Å². The number of hydrogen-bond acceptors (Lipinski definition) is 3. The van der Waals surface area contributed by atoms with Gasteiger partial charge >= 0.3 is 6.09 Å². The Morgan fingerprint density at radius 1 is 1.44 bits per heavy atom. The van der Waals surface area contributed by atoms with Gasteiger partial charge in [-0.2, -0.15) is 0 Å². The molecule has 0 aromatic rings. The van der Waals surface area contributed by atoms with Crippen molar-refractivity contribution >= 4 is 38.7 Å². The number of carbonyl (C=O) groups is 1. The highest BCUT2D eigenvalue weighted by Gasteiger charge is 2.38. The zero-order chi connectivity index (χ0) is 12.6. The zero-order valence-corrected chi connectivity index (χ0v) is 12.4. The number of amides is 1. The van der Waals surface area contributed by atoms with E-state index >= 15 is 0 Å². The highest BCUT2D eigenvalue weighted by Crippen LogP contribution is 2.25. The first-order valence-electron chi connectivity index (χ1n) is 5.41. The lowest BCUT2D eigenvalue weighted by atomic mass is 10.2. The van der Waals surface area contributed by atoms with Crippen LogP contribution in [0.5, 0.6) is 0 Å². The Labute approximate surface area is 113 Å². The summed E-state index contributed by atoms with van der Waals surface area (Å²) in [4.78, 5) is 13.5. The van der Waals surface area contributed by atoms with Gasteiger partial charge in [0.15, 0.2) is 0 Å². The standard InChI is InChI=1S/C10H17NO3.2Al/c1-10(2,3)14-9(13)11-6-4-5-8(11)7-12;;/h8,12H,4-6H2,1-3H3;;. The fourth-order valence-corrected chi connectivity index (χ4v) is 2.48. The van der Waals surface area contributed by atoms with Gasteiger partial charge in [-0.1, -0.05) is 3.32 Å². The summed E-state index contributed by atoms with van der Waals surface area (Å²) in [6.45, 7) is 6.15.